The van der Waals surface area contributed by atoms with Crippen LogP contribution in [0.2, 0.25) is 0 Å². The van der Waals surface area contributed by atoms with Crippen LogP contribution < -0.4 is 0 Å². The minimum Gasteiger partial charge on any atom is -0.396 e. The molecule has 0 aliphatic rings. The van der Waals surface area contributed by atoms with Crippen molar-refractivity contribution < 1.29 is 21.9 Å². The third-order valence-electron chi connectivity index (χ3n) is 6.11. The molecule has 7 heteroatoms. The molecular weight excluding hydrogens is 468 g/mol. The van der Waals surface area contributed by atoms with Crippen molar-refractivity contribution in [3.8, 4) is 0 Å². The zero-order valence-electron chi connectivity index (χ0n) is 18.7. The third kappa shape index (κ3) is 4.51. The largest absolute Gasteiger partial charge is 0.396 e. The molecule has 0 heterocycles. The number of aliphatic hydroxyl groups excluding tert-OH is 1. The van der Waals surface area contributed by atoms with Gasteiger partial charge in [0.25, 0.3) is 0 Å². The van der Waals surface area contributed by atoms with Gasteiger partial charge in [-0.3, -0.25) is 0 Å². The molecule has 0 amide bonds. The third-order valence-corrected chi connectivity index (χ3v) is 11.3. The van der Waals surface area contributed by atoms with E-state index in [1.165, 1.54) is 24.3 Å². The monoisotopic (exact) mass is 494 g/mol. The summed E-state index contributed by atoms with van der Waals surface area (Å²) in [7, 11) is -8.72. The second-order valence-corrected chi connectivity index (χ2v) is 12.8. The van der Waals surface area contributed by atoms with Crippen molar-refractivity contribution in [1.29, 1.82) is 0 Å². The summed E-state index contributed by atoms with van der Waals surface area (Å²) in [6.45, 7) is 1.30. The lowest BCUT2D eigenvalue weighted by Gasteiger charge is -2.31. The quantitative estimate of drug-likeness (QED) is 0.379. The highest BCUT2D eigenvalue weighted by Crippen LogP contribution is 2.41. The summed E-state index contributed by atoms with van der Waals surface area (Å²) in [5.41, 5.74) is 0.546. The standard InChI is InChI=1S/C27H26O5S2/c1-20(19-28)26(23-17-16-21-10-8-9-11-22(21)18-23)27(33(29,30)24-12-4-2-5-13-24)34(31,32)25-14-6-3-7-15-25/h2-18,20,26-28H,19H2,1H3/t20-,26-/m1/s1. The summed E-state index contributed by atoms with van der Waals surface area (Å²) in [6.07, 6.45) is 0. The minimum absolute atomic E-state index is 0.0737. The fraction of sp³-hybridized carbons (Fsp3) is 0.185. The van der Waals surface area contributed by atoms with E-state index in [1.807, 2.05) is 36.4 Å². The molecule has 2 atom stereocenters. The number of aliphatic hydroxyl groups is 1. The number of rotatable bonds is 8. The number of hydrogen-bond acceptors (Lipinski definition) is 5. The molecule has 0 aromatic heterocycles. The summed E-state index contributed by atoms with van der Waals surface area (Å²) in [6, 6.07) is 28.3. The molecule has 5 nitrogen and oxygen atoms in total. The molecule has 0 fully saturated rings. The highest BCUT2D eigenvalue weighted by Gasteiger charge is 2.47. The molecular formula is C27H26O5S2. The van der Waals surface area contributed by atoms with Gasteiger partial charge in [0.05, 0.1) is 9.79 Å². The van der Waals surface area contributed by atoms with E-state index in [4.69, 9.17) is 0 Å². The molecule has 4 rings (SSSR count). The molecule has 0 saturated heterocycles. The van der Waals surface area contributed by atoms with Crippen molar-refractivity contribution in [3.63, 3.8) is 0 Å². The number of fused-ring (bicyclic) bond motifs is 1. The molecule has 4 aromatic carbocycles. The summed E-state index contributed by atoms with van der Waals surface area (Å²) in [4.78, 5) is -0.147. The van der Waals surface area contributed by atoms with Crippen LogP contribution in [-0.2, 0) is 19.7 Å². The van der Waals surface area contributed by atoms with Gasteiger partial charge in [-0.2, -0.15) is 0 Å². The zero-order valence-corrected chi connectivity index (χ0v) is 20.3. The van der Waals surface area contributed by atoms with Crippen LogP contribution in [0.3, 0.4) is 0 Å². The summed E-state index contributed by atoms with van der Waals surface area (Å²) in [5, 5.41) is 11.9. The first-order chi connectivity index (χ1) is 16.3. The number of benzene rings is 4. The Morgan fingerprint density at radius 1 is 0.647 bits per heavy atom. The maximum absolute atomic E-state index is 14.0. The lowest BCUT2D eigenvalue weighted by atomic mass is 9.88. The predicted octanol–water partition coefficient (Wildman–Crippen LogP) is 4.83. The Balaban J connectivity index is 2.01. The van der Waals surface area contributed by atoms with E-state index in [2.05, 4.69) is 0 Å². The fourth-order valence-corrected chi connectivity index (χ4v) is 9.56. The Bertz CT molecular complexity index is 1410. The van der Waals surface area contributed by atoms with Gasteiger partial charge in [-0.25, -0.2) is 16.8 Å². The SMILES string of the molecule is C[C@H](CO)[C@H](c1ccc2ccccc2c1)C(S(=O)(=O)c1ccccc1)S(=O)(=O)c1ccccc1. The van der Waals surface area contributed by atoms with E-state index in [1.54, 1.807) is 49.4 Å². The average Bonchev–Trinajstić information content (AvgIpc) is 2.87. The molecule has 0 bridgehead atoms. The van der Waals surface area contributed by atoms with Crippen molar-refractivity contribution in [2.24, 2.45) is 5.92 Å². The molecule has 0 aliphatic carbocycles. The second-order valence-electron chi connectivity index (χ2n) is 8.38. The topological polar surface area (TPSA) is 88.5 Å². The van der Waals surface area contributed by atoms with Gasteiger partial charge >= 0.3 is 0 Å². The molecule has 4 aromatic rings. The average molecular weight is 495 g/mol. The first kappa shape index (κ1) is 24.1. The van der Waals surface area contributed by atoms with Crippen LogP contribution in [-0.4, -0.2) is 33.1 Å². The van der Waals surface area contributed by atoms with E-state index in [0.29, 0.717) is 5.56 Å². The molecule has 0 aliphatic heterocycles. The molecule has 1 N–H and O–H groups in total. The van der Waals surface area contributed by atoms with Crippen LogP contribution in [0.1, 0.15) is 18.4 Å². The van der Waals surface area contributed by atoms with Crippen molar-refractivity contribution in [1.82, 2.24) is 0 Å². The minimum atomic E-state index is -4.36. The molecule has 0 spiro atoms. The Hall–Kier alpha value is -3.00. The first-order valence-electron chi connectivity index (χ1n) is 10.9. The van der Waals surface area contributed by atoms with Crippen molar-refractivity contribution in [2.45, 2.75) is 27.2 Å². The number of hydrogen-bond donors (Lipinski definition) is 1. The van der Waals surface area contributed by atoms with Crippen molar-refractivity contribution in [2.75, 3.05) is 6.61 Å². The van der Waals surface area contributed by atoms with Gasteiger partial charge in [-0.05, 0) is 46.5 Å². The maximum atomic E-state index is 14.0. The van der Waals surface area contributed by atoms with Crippen molar-refractivity contribution in [3.05, 3.63) is 109 Å². The smallest absolute Gasteiger partial charge is 0.196 e. The van der Waals surface area contributed by atoms with Gasteiger partial charge in [0.1, 0.15) is 0 Å². The van der Waals surface area contributed by atoms with E-state index in [-0.39, 0.29) is 16.4 Å². The normalized spacial score (nSPS) is 14.2. The van der Waals surface area contributed by atoms with Gasteiger partial charge in [-0.15, -0.1) is 0 Å². The van der Waals surface area contributed by atoms with Crippen LogP contribution in [0, 0.1) is 5.92 Å². The van der Waals surface area contributed by atoms with E-state index in [9.17, 15) is 21.9 Å². The molecule has 0 radical (unpaired) electrons. The Morgan fingerprint density at radius 3 is 1.62 bits per heavy atom. The highest BCUT2D eigenvalue weighted by molar-refractivity contribution is 8.09. The Morgan fingerprint density at radius 2 is 1.12 bits per heavy atom. The Kier molecular flexibility index (Phi) is 6.89. The number of sulfone groups is 2. The Labute approximate surface area is 200 Å². The van der Waals surface area contributed by atoms with Crippen LogP contribution in [0.15, 0.2) is 113 Å². The van der Waals surface area contributed by atoms with Gasteiger partial charge in [0.15, 0.2) is 24.3 Å². The fourth-order valence-electron chi connectivity index (χ4n) is 4.32. The van der Waals surface area contributed by atoms with Crippen LogP contribution in [0.4, 0.5) is 0 Å². The van der Waals surface area contributed by atoms with Crippen LogP contribution >= 0.6 is 0 Å². The summed E-state index contributed by atoms with van der Waals surface area (Å²) in [5.74, 6) is -1.66. The van der Waals surface area contributed by atoms with E-state index >= 15 is 0 Å². The van der Waals surface area contributed by atoms with E-state index in [0.717, 1.165) is 10.8 Å². The predicted molar refractivity (Wildman–Crippen MR) is 134 cm³/mol. The van der Waals surface area contributed by atoms with Crippen LogP contribution in [0.5, 0.6) is 0 Å². The van der Waals surface area contributed by atoms with E-state index < -0.39 is 36.1 Å². The first-order valence-corrected chi connectivity index (χ1v) is 14.0. The maximum Gasteiger partial charge on any atom is 0.196 e. The lowest BCUT2D eigenvalue weighted by molar-refractivity contribution is 0.218. The second kappa shape index (κ2) is 9.70. The van der Waals surface area contributed by atoms with Gasteiger partial charge in [0.2, 0.25) is 0 Å². The van der Waals surface area contributed by atoms with Gasteiger partial charge in [0, 0.05) is 12.5 Å². The lowest BCUT2D eigenvalue weighted by Crippen LogP contribution is -2.40. The molecule has 0 unspecified atom stereocenters. The summed E-state index contributed by atoms with van der Waals surface area (Å²) < 4.78 is 54.1. The van der Waals surface area contributed by atoms with Crippen LogP contribution in [0.25, 0.3) is 10.8 Å². The molecule has 34 heavy (non-hydrogen) atoms. The van der Waals surface area contributed by atoms with Crippen molar-refractivity contribution >= 4 is 30.4 Å². The highest BCUT2D eigenvalue weighted by atomic mass is 32.3. The molecule has 0 saturated carbocycles. The zero-order chi connectivity index (χ0) is 24.3. The van der Waals surface area contributed by atoms with Gasteiger partial charge in [-0.1, -0.05) is 85.8 Å². The summed E-state index contributed by atoms with van der Waals surface area (Å²) >= 11 is 0. The van der Waals surface area contributed by atoms with Gasteiger partial charge < -0.3 is 5.11 Å². The molecule has 176 valence electrons.